The van der Waals surface area contributed by atoms with Gasteiger partial charge >= 0.3 is 0 Å². The Balaban J connectivity index is 1.03. The Morgan fingerprint density at radius 2 is 1.46 bits per heavy atom. The third kappa shape index (κ3) is 6.01. The molecule has 6 rings (SSSR count). The van der Waals surface area contributed by atoms with E-state index < -0.39 is 0 Å². The number of benzene rings is 3. The molecule has 3 aromatic rings. The van der Waals surface area contributed by atoms with Crippen LogP contribution in [-0.2, 0) is 6.54 Å². The molecule has 0 aromatic heterocycles. The highest BCUT2D eigenvalue weighted by atomic mass is 16.5. The Morgan fingerprint density at radius 3 is 2.12 bits per heavy atom. The molecule has 216 valence electrons. The maximum absolute atomic E-state index is 13.7. The second-order valence-electron chi connectivity index (χ2n) is 12.5. The Kier molecular flexibility index (Phi) is 8.34. The van der Waals surface area contributed by atoms with E-state index in [0.717, 1.165) is 75.2 Å². The van der Waals surface area contributed by atoms with Crippen LogP contribution >= 0.6 is 0 Å². The third-order valence-corrected chi connectivity index (χ3v) is 9.53. The van der Waals surface area contributed by atoms with Gasteiger partial charge < -0.3 is 14.4 Å². The van der Waals surface area contributed by atoms with E-state index in [-0.39, 0.29) is 24.1 Å². The molecule has 41 heavy (non-hydrogen) atoms. The second kappa shape index (κ2) is 12.3. The molecule has 3 aliphatic rings. The van der Waals surface area contributed by atoms with Crippen molar-refractivity contribution in [1.29, 1.82) is 0 Å². The van der Waals surface area contributed by atoms with Crippen LogP contribution in [0.1, 0.15) is 91.3 Å². The van der Waals surface area contributed by atoms with Gasteiger partial charge in [-0.3, -0.25) is 9.69 Å². The average molecular weight is 553 g/mol. The molecule has 3 heterocycles. The fourth-order valence-electron chi connectivity index (χ4n) is 7.37. The number of amides is 1. The zero-order chi connectivity index (χ0) is 28.3. The van der Waals surface area contributed by atoms with Crippen molar-refractivity contribution in [3.63, 3.8) is 0 Å². The first-order chi connectivity index (χ1) is 20.0. The van der Waals surface area contributed by atoms with Crippen LogP contribution in [0, 0.1) is 0 Å². The largest absolute Gasteiger partial charge is 0.496 e. The van der Waals surface area contributed by atoms with Crippen molar-refractivity contribution in [2.45, 2.75) is 88.9 Å². The summed E-state index contributed by atoms with van der Waals surface area (Å²) in [6.07, 6.45) is 6.43. The van der Waals surface area contributed by atoms with E-state index in [9.17, 15) is 4.79 Å². The zero-order valence-electron chi connectivity index (χ0n) is 24.8. The predicted molar refractivity (Wildman–Crippen MR) is 164 cm³/mol. The number of methoxy groups -OCH3 is 1. The summed E-state index contributed by atoms with van der Waals surface area (Å²) in [5.41, 5.74) is 4.68. The molecule has 1 amide bonds. The Hall–Kier alpha value is -3.31. The minimum absolute atomic E-state index is 0.172. The smallest absolute Gasteiger partial charge is 0.254 e. The van der Waals surface area contributed by atoms with Gasteiger partial charge in [-0.1, -0.05) is 62.4 Å². The summed E-state index contributed by atoms with van der Waals surface area (Å²) in [6.45, 7) is 7.50. The molecular formula is C36H44N2O3. The number of likely N-dealkylation sites (tertiary alicyclic amines) is 1. The highest BCUT2D eigenvalue weighted by Gasteiger charge is 2.44. The van der Waals surface area contributed by atoms with Gasteiger partial charge in [0, 0.05) is 37.0 Å². The standard InChI is InChI=1S/C36H44N2O3/c1-25(2)32-8-4-7-11-35(32)41-31-22-29-16-17-30(23-31)38(29)36(39)28-14-12-26(13-15-28)24-37-20-18-27(19-21-37)33-9-5-6-10-34(33)40-3/h4-15,25,27,29-31H,16-24H2,1-3H3. The quantitative estimate of drug-likeness (QED) is 0.292. The number of fused-ring (bicyclic) bond motifs is 2. The number of piperidine rings is 2. The van der Waals surface area contributed by atoms with Crippen LogP contribution in [0.5, 0.6) is 11.5 Å². The van der Waals surface area contributed by atoms with E-state index in [1.165, 1.54) is 16.7 Å². The number of nitrogens with zero attached hydrogens (tertiary/aromatic N) is 2. The van der Waals surface area contributed by atoms with Gasteiger partial charge in [-0.25, -0.2) is 0 Å². The second-order valence-corrected chi connectivity index (χ2v) is 12.5. The summed E-state index contributed by atoms with van der Waals surface area (Å²) in [7, 11) is 1.76. The maximum atomic E-state index is 13.7. The molecule has 5 heteroatoms. The van der Waals surface area contributed by atoms with Crippen LogP contribution < -0.4 is 9.47 Å². The molecule has 5 nitrogen and oxygen atoms in total. The number of carbonyl (C=O) groups is 1. The van der Waals surface area contributed by atoms with Gasteiger partial charge in [0.25, 0.3) is 5.91 Å². The van der Waals surface area contributed by atoms with Gasteiger partial charge in [-0.15, -0.1) is 0 Å². The zero-order valence-corrected chi connectivity index (χ0v) is 24.8. The first-order valence-corrected chi connectivity index (χ1v) is 15.5. The van der Waals surface area contributed by atoms with E-state index in [1.54, 1.807) is 7.11 Å². The first kappa shape index (κ1) is 27.8. The van der Waals surface area contributed by atoms with E-state index in [1.807, 2.05) is 18.2 Å². The molecule has 0 radical (unpaired) electrons. The van der Waals surface area contributed by atoms with E-state index in [2.05, 4.69) is 78.2 Å². The van der Waals surface area contributed by atoms with E-state index in [4.69, 9.17) is 9.47 Å². The molecule has 0 aliphatic carbocycles. The van der Waals surface area contributed by atoms with Gasteiger partial charge in [0.05, 0.1) is 7.11 Å². The van der Waals surface area contributed by atoms with Crippen molar-refractivity contribution in [3.8, 4) is 11.5 Å². The van der Waals surface area contributed by atoms with Gasteiger partial charge in [-0.05, 0) is 91.6 Å². The van der Waals surface area contributed by atoms with Crippen molar-refractivity contribution >= 4 is 5.91 Å². The van der Waals surface area contributed by atoms with E-state index in [0.29, 0.717) is 11.8 Å². The van der Waals surface area contributed by atoms with Gasteiger partial charge in [0.1, 0.15) is 17.6 Å². The van der Waals surface area contributed by atoms with Crippen LogP contribution in [0.4, 0.5) is 0 Å². The summed E-state index contributed by atoms with van der Waals surface area (Å²) < 4.78 is 12.1. The average Bonchev–Trinajstić information content (AvgIpc) is 3.27. The lowest BCUT2D eigenvalue weighted by molar-refractivity contribution is 0.0356. The minimum Gasteiger partial charge on any atom is -0.496 e. The maximum Gasteiger partial charge on any atom is 0.254 e. The van der Waals surface area contributed by atoms with Crippen molar-refractivity contribution in [2.75, 3.05) is 20.2 Å². The number of hydrogen-bond donors (Lipinski definition) is 0. The normalized spacial score (nSPS) is 23.1. The van der Waals surface area contributed by atoms with Crippen LogP contribution in [0.2, 0.25) is 0 Å². The molecule has 2 unspecified atom stereocenters. The fourth-order valence-corrected chi connectivity index (χ4v) is 7.37. The molecule has 3 aromatic carbocycles. The summed E-state index contributed by atoms with van der Waals surface area (Å²) >= 11 is 0. The Morgan fingerprint density at radius 1 is 0.829 bits per heavy atom. The molecule has 2 bridgehead atoms. The summed E-state index contributed by atoms with van der Waals surface area (Å²) in [6, 6.07) is 25.8. The van der Waals surface area contributed by atoms with E-state index >= 15 is 0 Å². The number of para-hydroxylation sites is 2. The lowest BCUT2D eigenvalue weighted by Crippen LogP contribution is -2.49. The monoisotopic (exact) mass is 552 g/mol. The third-order valence-electron chi connectivity index (χ3n) is 9.53. The summed E-state index contributed by atoms with van der Waals surface area (Å²) in [5, 5.41) is 0. The minimum atomic E-state index is 0.172. The van der Waals surface area contributed by atoms with Crippen LogP contribution in [0.15, 0.2) is 72.8 Å². The SMILES string of the molecule is COc1ccccc1C1CCN(Cc2ccc(C(=O)N3C4CCC3CC(Oc3ccccc3C(C)C)C4)cc2)CC1. The van der Waals surface area contributed by atoms with Crippen molar-refractivity contribution in [1.82, 2.24) is 9.80 Å². The highest BCUT2D eigenvalue weighted by molar-refractivity contribution is 5.95. The number of ether oxygens (including phenoxy) is 2. The van der Waals surface area contributed by atoms with Gasteiger partial charge in [-0.2, -0.15) is 0 Å². The molecule has 0 N–H and O–H groups in total. The molecular weight excluding hydrogens is 508 g/mol. The first-order valence-electron chi connectivity index (χ1n) is 15.5. The highest BCUT2D eigenvalue weighted by Crippen LogP contribution is 2.39. The lowest BCUT2D eigenvalue weighted by atomic mass is 9.88. The molecule has 3 saturated heterocycles. The Labute approximate surface area is 245 Å². The topological polar surface area (TPSA) is 42.0 Å². The molecule has 3 fully saturated rings. The van der Waals surface area contributed by atoms with Gasteiger partial charge in [0.2, 0.25) is 0 Å². The number of hydrogen-bond acceptors (Lipinski definition) is 4. The van der Waals surface area contributed by atoms with Gasteiger partial charge in [0.15, 0.2) is 0 Å². The van der Waals surface area contributed by atoms with Crippen molar-refractivity contribution < 1.29 is 14.3 Å². The summed E-state index contributed by atoms with van der Waals surface area (Å²) in [4.78, 5) is 18.4. The number of rotatable bonds is 8. The molecule has 3 aliphatic heterocycles. The fraction of sp³-hybridized carbons (Fsp3) is 0.472. The predicted octanol–water partition coefficient (Wildman–Crippen LogP) is 7.41. The molecule has 0 spiro atoms. The Bertz CT molecular complexity index is 1310. The van der Waals surface area contributed by atoms with Crippen LogP contribution in [0.3, 0.4) is 0 Å². The molecule has 0 saturated carbocycles. The summed E-state index contributed by atoms with van der Waals surface area (Å²) in [5.74, 6) is 3.18. The van der Waals surface area contributed by atoms with Crippen molar-refractivity contribution in [2.24, 2.45) is 0 Å². The number of carbonyl (C=O) groups excluding carboxylic acids is 1. The lowest BCUT2D eigenvalue weighted by Gasteiger charge is -2.39. The molecule has 2 atom stereocenters. The van der Waals surface area contributed by atoms with Crippen molar-refractivity contribution in [3.05, 3.63) is 95.1 Å². The van der Waals surface area contributed by atoms with Crippen LogP contribution in [-0.4, -0.2) is 54.1 Å². The van der Waals surface area contributed by atoms with Crippen LogP contribution in [0.25, 0.3) is 0 Å².